The van der Waals surface area contributed by atoms with Gasteiger partial charge in [0, 0.05) is 19.6 Å². The SMILES string of the molecule is CNc1nc2ccc(S(=O)(=O)NC3(C)CC3)cc2n(C)c1=O. The smallest absolute Gasteiger partial charge is 0.293 e. The van der Waals surface area contributed by atoms with Gasteiger partial charge in [-0.3, -0.25) is 4.79 Å². The summed E-state index contributed by atoms with van der Waals surface area (Å²) in [6, 6.07) is 4.60. The Morgan fingerprint density at radius 2 is 2.00 bits per heavy atom. The van der Waals surface area contributed by atoms with Crippen molar-refractivity contribution in [2.24, 2.45) is 7.05 Å². The Kier molecular flexibility index (Phi) is 3.26. The van der Waals surface area contributed by atoms with Gasteiger partial charge in [-0.2, -0.15) is 0 Å². The number of benzene rings is 1. The van der Waals surface area contributed by atoms with E-state index in [1.54, 1.807) is 20.2 Å². The van der Waals surface area contributed by atoms with E-state index in [0.29, 0.717) is 11.0 Å². The first-order valence-electron chi connectivity index (χ1n) is 6.98. The molecule has 0 radical (unpaired) electrons. The molecule has 1 saturated carbocycles. The highest BCUT2D eigenvalue weighted by molar-refractivity contribution is 7.89. The van der Waals surface area contributed by atoms with Crippen molar-refractivity contribution in [3.8, 4) is 0 Å². The van der Waals surface area contributed by atoms with E-state index in [9.17, 15) is 13.2 Å². The van der Waals surface area contributed by atoms with Crippen LogP contribution in [0.1, 0.15) is 19.8 Å². The van der Waals surface area contributed by atoms with E-state index in [1.807, 2.05) is 6.92 Å². The average Bonchev–Trinajstić information content (AvgIpc) is 3.18. The van der Waals surface area contributed by atoms with Gasteiger partial charge in [0.25, 0.3) is 5.56 Å². The number of hydrogen-bond acceptors (Lipinski definition) is 5. The van der Waals surface area contributed by atoms with Gasteiger partial charge in [-0.15, -0.1) is 0 Å². The third kappa shape index (κ3) is 2.48. The van der Waals surface area contributed by atoms with Crippen LogP contribution < -0.4 is 15.6 Å². The van der Waals surface area contributed by atoms with Crippen LogP contribution in [-0.4, -0.2) is 30.6 Å². The lowest BCUT2D eigenvalue weighted by molar-refractivity contribution is 0.558. The number of nitrogens with zero attached hydrogens (tertiary/aromatic N) is 2. The molecule has 0 saturated heterocycles. The molecular weight excluding hydrogens is 304 g/mol. The first kappa shape index (κ1) is 15.0. The van der Waals surface area contributed by atoms with E-state index in [2.05, 4.69) is 15.0 Å². The van der Waals surface area contributed by atoms with Gasteiger partial charge >= 0.3 is 0 Å². The summed E-state index contributed by atoms with van der Waals surface area (Å²) in [5, 5.41) is 2.74. The molecule has 0 aliphatic heterocycles. The molecule has 1 aliphatic carbocycles. The lowest BCUT2D eigenvalue weighted by atomic mass is 10.3. The number of rotatable bonds is 4. The molecule has 118 valence electrons. The first-order valence-corrected chi connectivity index (χ1v) is 8.47. The van der Waals surface area contributed by atoms with Crippen molar-refractivity contribution in [2.45, 2.75) is 30.2 Å². The zero-order valence-corrected chi connectivity index (χ0v) is 13.5. The van der Waals surface area contributed by atoms with Gasteiger partial charge in [-0.25, -0.2) is 18.1 Å². The molecule has 0 atom stereocenters. The minimum absolute atomic E-state index is 0.141. The number of fused-ring (bicyclic) bond motifs is 1. The fourth-order valence-electron chi connectivity index (χ4n) is 2.31. The van der Waals surface area contributed by atoms with Crippen LogP contribution in [0.15, 0.2) is 27.9 Å². The number of anilines is 1. The molecule has 22 heavy (non-hydrogen) atoms. The summed E-state index contributed by atoms with van der Waals surface area (Å²) < 4.78 is 28.9. The number of aromatic nitrogens is 2. The van der Waals surface area contributed by atoms with Crippen molar-refractivity contribution in [3.05, 3.63) is 28.6 Å². The highest BCUT2D eigenvalue weighted by Crippen LogP contribution is 2.36. The summed E-state index contributed by atoms with van der Waals surface area (Å²) in [6.45, 7) is 1.88. The molecule has 1 heterocycles. The topological polar surface area (TPSA) is 93.1 Å². The zero-order chi connectivity index (χ0) is 16.1. The molecule has 0 bridgehead atoms. The first-order chi connectivity index (χ1) is 10.3. The summed E-state index contributed by atoms with van der Waals surface area (Å²) >= 11 is 0. The van der Waals surface area contributed by atoms with Gasteiger partial charge in [0.2, 0.25) is 10.0 Å². The maximum atomic E-state index is 12.4. The Hall–Kier alpha value is -1.93. The van der Waals surface area contributed by atoms with Crippen LogP contribution in [0.3, 0.4) is 0 Å². The summed E-state index contributed by atoms with van der Waals surface area (Å²) in [5.41, 5.74) is 0.399. The lowest BCUT2D eigenvalue weighted by Gasteiger charge is -2.13. The third-order valence-electron chi connectivity index (χ3n) is 3.98. The fraction of sp³-hybridized carbons (Fsp3) is 0.429. The van der Waals surface area contributed by atoms with E-state index >= 15 is 0 Å². The van der Waals surface area contributed by atoms with Crippen LogP contribution in [0, 0.1) is 0 Å². The van der Waals surface area contributed by atoms with Crippen LogP contribution in [0.25, 0.3) is 11.0 Å². The molecule has 0 amide bonds. The number of hydrogen-bond donors (Lipinski definition) is 2. The second-order valence-electron chi connectivity index (χ2n) is 5.89. The monoisotopic (exact) mass is 322 g/mol. The van der Waals surface area contributed by atoms with Gasteiger partial charge in [0.1, 0.15) is 0 Å². The fourth-order valence-corrected chi connectivity index (χ4v) is 3.79. The molecule has 0 unspecified atom stereocenters. The molecule has 1 aromatic heterocycles. The van der Waals surface area contributed by atoms with Gasteiger partial charge in [0.15, 0.2) is 5.82 Å². The van der Waals surface area contributed by atoms with Gasteiger partial charge in [0.05, 0.1) is 15.9 Å². The Balaban J connectivity index is 2.14. The zero-order valence-electron chi connectivity index (χ0n) is 12.7. The Labute approximate surface area is 128 Å². The van der Waals surface area contributed by atoms with Crippen molar-refractivity contribution in [2.75, 3.05) is 12.4 Å². The maximum absolute atomic E-state index is 12.4. The maximum Gasteiger partial charge on any atom is 0.293 e. The van der Waals surface area contributed by atoms with E-state index in [4.69, 9.17) is 0 Å². The molecule has 7 nitrogen and oxygen atoms in total. The Bertz CT molecular complexity index is 914. The molecule has 3 rings (SSSR count). The quantitative estimate of drug-likeness (QED) is 0.869. The molecule has 2 N–H and O–H groups in total. The molecule has 2 aromatic rings. The summed E-state index contributed by atoms with van der Waals surface area (Å²) in [6.07, 6.45) is 1.68. The Morgan fingerprint density at radius 1 is 1.32 bits per heavy atom. The highest BCUT2D eigenvalue weighted by atomic mass is 32.2. The summed E-state index contributed by atoms with van der Waals surface area (Å²) in [7, 11) is -0.385. The molecule has 0 spiro atoms. The van der Waals surface area contributed by atoms with Crippen LogP contribution in [-0.2, 0) is 17.1 Å². The second-order valence-corrected chi connectivity index (χ2v) is 7.57. The van der Waals surface area contributed by atoms with E-state index < -0.39 is 10.0 Å². The molecule has 1 aliphatic rings. The van der Waals surface area contributed by atoms with Gasteiger partial charge in [-0.1, -0.05) is 0 Å². The molecule has 1 aromatic carbocycles. The van der Waals surface area contributed by atoms with E-state index in [0.717, 1.165) is 12.8 Å². The average molecular weight is 322 g/mol. The molecular formula is C14H18N4O3S. The Morgan fingerprint density at radius 3 is 2.59 bits per heavy atom. The number of aryl methyl sites for hydroxylation is 1. The van der Waals surface area contributed by atoms with Crippen molar-refractivity contribution < 1.29 is 8.42 Å². The standard InChI is InChI=1S/C14H18N4O3S/c1-14(6-7-14)17-22(20,21)9-4-5-10-11(8-9)18(3)13(19)12(15-2)16-10/h4-5,8,17H,6-7H2,1-3H3,(H,15,16). The van der Waals surface area contributed by atoms with Crippen LogP contribution in [0.4, 0.5) is 5.82 Å². The third-order valence-corrected chi connectivity index (χ3v) is 5.61. The normalized spacial score (nSPS) is 16.7. The van der Waals surface area contributed by atoms with E-state index in [-0.39, 0.29) is 21.8 Å². The predicted octanol–water partition coefficient (Wildman–Crippen LogP) is 0.806. The van der Waals surface area contributed by atoms with Gasteiger partial charge in [-0.05, 0) is 38.0 Å². The molecule has 8 heteroatoms. The van der Waals surface area contributed by atoms with E-state index in [1.165, 1.54) is 16.7 Å². The highest BCUT2D eigenvalue weighted by Gasteiger charge is 2.41. The van der Waals surface area contributed by atoms with Crippen molar-refractivity contribution in [3.63, 3.8) is 0 Å². The minimum atomic E-state index is -3.60. The predicted molar refractivity (Wildman–Crippen MR) is 84.5 cm³/mol. The lowest BCUT2D eigenvalue weighted by Crippen LogP contribution is -2.34. The second kappa shape index (κ2) is 4.79. The van der Waals surface area contributed by atoms with Crippen LogP contribution in [0.2, 0.25) is 0 Å². The summed E-state index contributed by atoms with van der Waals surface area (Å²) in [5.74, 6) is 0.231. The summed E-state index contributed by atoms with van der Waals surface area (Å²) in [4.78, 5) is 16.4. The number of nitrogens with one attached hydrogen (secondary N) is 2. The van der Waals surface area contributed by atoms with Crippen molar-refractivity contribution in [1.82, 2.24) is 14.3 Å². The van der Waals surface area contributed by atoms with Crippen LogP contribution in [0.5, 0.6) is 0 Å². The minimum Gasteiger partial charge on any atom is -0.369 e. The molecule has 1 fully saturated rings. The number of sulfonamides is 1. The van der Waals surface area contributed by atoms with Gasteiger partial charge < -0.3 is 9.88 Å². The largest absolute Gasteiger partial charge is 0.369 e. The van der Waals surface area contributed by atoms with Crippen LogP contribution >= 0.6 is 0 Å². The van der Waals surface area contributed by atoms with Crippen molar-refractivity contribution in [1.29, 1.82) is 0 Å². The van der Waals surface area contributed by atoms with Crippen molar-refractivity contribution >= 4 is 26.9 Å².